The highest BCUT2D eigenvalue weighted by molar-refractivity contribution is 6.75. The largest absolute Gasteiger partial charge is 0.550 e. The maximum atomic E-state index is 9.57. The molecule has 0 saturated heterocycles. The van der Waals surface area contributed by atoms with Crippen molar-refractivity contribution in [2.45, 2.75) is 45.1 Å². The van der Waals surface area contributed by atoms with Gasteiger partial charge >= 0.3 is 0 Å². The van der Waals surface area contributed by atoms with Gasteiger partial charge in [0.25, 0.3) is 0 Å². The van der Waals surface area contributed by atoms with E-state index in [2.05, 4.69) is 19.2 Å². The Balaban J connectivity index is 3.94. The molecule has 0 aromatic heterocycles. The molecule has 0 fully saturated rings. The quantitative estimate of drug-likeness (QED) is 0.443. The van der Waals surface area contributed by atoms with E-state index < -0.39 is 16.6 Å². The molecule has 86 valence electrons. The molecule has 3 nitrogen and oxygen atoms in total. The van der Waals surface area contributed by atoms with E-state index in [0.29, 0.717) is 6.42 Å². The van der Waals surface area contributed by atoms with Gasteiger partial charge in [0.2, 0.25) is 16.6 Å². The molecule has 0 spiro atoms. The summed E-state index contributed by atoms with van der Waals surface area (Å²) in [4.78, 5) is 9.57. The van der Waals surface area contributed by atoms with E-state index in [-0.39, 0.29) is 0 Å². The van der Waals surface area contributed by atoms with Crippen molar-refractivity contribution in [3.05, 3.63) is 12.0 Å². The number of unbranched alkanes of at least 4 members (excludes halogenated alkanes) is 1. The summed E-state index contributed by atoms with van der Waals surface area (Å²) in [5.41, 5.74) is 1.78. The third-order valence-corrected chi connectivity index (χ3v) is 5.21. The molecule has 0 unspecified atom stereocenters. The zero-order valence-electron chi connectivity index (χ0n) is 10.1. The summed E-state index contributed by atoms with van der Waals surface area (Å²) in [5, 5.41) is 8.43. The van der Waals surface area contributed by atoms with Gasteiger partial charge in [-0.1, -0.05) is 0 Å². The third kappa shape index (κ3) is 9.72. The van der Waals surface area contributed by atoms with Gasteiger partial charge < -0.3 is 9.22 Å². The van der Waals surface area contributed by atoms with Gasteiger partial charge in [-0.25, -0.2) is 0 Å². The van der Waals surface area contributed by atoms with Crippen LogP contribution in [0.25, 0.3) is 0 Å². The normalized spacial score (nSPS) is 12.8. The summed E-state index contributed by atoms with van der Waals surface area (Å²) in [7, 11) is -3.80. The topological polar surface area (TPSA) is 53.2 Å². The van der Waals surface area contributed by atoms with E-state index >= 15 is 0 Å². The van der Waals surface area contributed by atoms with Crippen molar-refractivity contribution in [1.29, 1.82) is 5.26 Å². The van der Waals surface area contributed by atoms with Crippen LogP contribution in [0.1, 0.15) is 12.8 Å². The molecule has 0 radical (unpaired) electrons. The summed E-state index contributed by atoms with van der Waals surface area (Å²) in [5.74, 6) is 0. The van der Waals surface area contributed by atoms with Crippen LogP contribution < -0.4 is 0 Å². The number of nitriles is 1. The van der Waals surface area contributed by atoms with Gasteiger partial charge in [-0.15, -0.1) is 0 Å². The van der Waals surface area contributed by atoms with E-state index in [9.17, 15) is 4.80 Å². The van der Waals surface area contributed by atoms with E-state index in [1.165, 1.54) is 0 Å². The van der Waals surface area contributed by atoms with Crippen LogP contribution in [0, 0.1) is 11.3 Å². The Morgan fingerprint density at radius 2 is 1.93 bits per heavy atom. The molecule has 15 heavy (non-hydrogen) atoms. The van der Waals surface area contributed by atoms with Crippen molar-refractivity contribution in [2.24, 2.45) is 0 Å². The predicted octanol–water partition coefficient (Wildman–Crippen LogP) is 2.76. The van der Waals surface area contributed by atoms with Gasteiger partial charge in [0, 0.05) is 6.42 Å². The molecule has 0 heterocycles. The molecular weight excluding hydrogens is 222 g/mol. The Bertz CT molecular complexity index is 251. The average molecular weight is 243 g/mol. The lowest BCUT2D eigenvalue weighted by Crippen LogP contribution is -2.28. The second-order valence-corrected chi connectivity index (χ2v) is 12.7. The first-order valence-corrected chi connectivity index (χ1v) is 11.4. The zero-order valence-corrected chi connectivity index (χ0v) is 12.1. The molecule has 0 aliphatic rings. The Hall–Kier alpha value is -0.576. The van der Waals surface area contributed by atoms with Crippen molar-refractivity contribution >= 4 is 16.6 Å². The molecule has 0 atom stereocenters. The molecule has 1 N–H and O–H groups in total. The monoisotopic (exact) mass is 243 g/mol. The van der Waals surface area contributed by atoms with Crippen LogP contribution in [0.4, 0.5) is 0 Å². The van der Waals surface area contributed by atoms with Crippen LogP contribution >= 0.6 is 0 Å². The maximum absolute atomic E-state index is 9.57. The molecule has 0 aromatic rings. The molecule has 0 aromatic carbocycles. The van der Waals surface area contributed by atoms with Crippen LogP contribution in [0.2, 0.25) is 32.2 Å². The highest BCUT2D eigenvalue weighted by Crippen LogP contribution is 2.15. The summed E-state index contributed by atoms with van der Waals surface area (Å²) in [6.07, 6.45) is 3.16. The fraction of sp³-hybridized carbons (Fsp3) is 0.700. The molecule has 0 rings (SSSR count). The van der Waals surface area contributed by atoms with Crippen molar-refractivity contribution < 1.29 is 9.22 Å². The number of hydrogen-bond donors (Lipinski definition) is 1. The zero-order chi connectivity index (χ0) is 11.9. The summed E-state index contributed by atoms with van der Waals surface area (Å²) in [6.45, 7) is 7.94. The van der Waals surface area contributed by atoms with Crippen LogP contribution in [0.5, 0.6) is 0 Å². The summed E-state index contributed by atoms with van der Waals surface area (Å²) in [6, 6.07) is 3.12. The van der Waals surface area contributed by atoms with Gasteiger partial charge in [0.05, 0.1) is 12.3 Å². The molecule has 0 amide bonds. The summed E-state index contributed by atoms with van der Waals surface area (Å²) < 4.78 is 5.68. The van der Waals surface area contributed by atoms with E-state index in [0.717, 1.165) is 12.5 Å². The standard InChI is InChI=1S/C10H21NO2Si2/c1-14(2,12)10-8-13-15(3,4)9-6-5-7-11/h8,10,12H,5-6,9H2,1-4H3. The lowest BCUT2D eigenvalue weighted by Gasteiger charge is -2.21. The second kappa shape index (κ2) is 6.10. The van der Waals surface area contributed by atoms with Crippen LogP contribution in [0.15, 0.2) is 12.0 Å². The minimum Gasteiger partial charge on any atom is -0.550 e. The molecule has 5 heteroatoms. The average Bonchev–Trinajstić information content (AvgIpc) is 2.01. The summed E-state index contributed by atoms with van der Waals surface area (Å²) >= 11 is 0. The highest BCUT2D eigenvalue weighted by Gasteiger charge is 2.22. The second-order valence-electron chi connectivity index (χ2n) is 4.85. The van der Waals surface area contributed by atoms with Crippen molar-refractivity contribution in [3.63, 3.8) is 0 Å². The Labute approximate surface area is 94.6 Å². The van der Waals surface area contributed by atoms with Crippen LogP contribution in [-0.4, -0.2) is 21.4 Å². The predicted molar refractivity (Wildman–Crippen MR) is 67.1 cm³/mol. The Morgan fingerprint density at radius 1 is 1.33 bits per heavy atom. The van der Waals surface area contributed by atoms with Gasteiger partial charge in [-0.2, -0.15) is 5.26 Å². The van der Waals surface area contributed by atoms with Crippen LogP contribution in [-0.2, 0) is 4.43 Å². The van der Waals surface area contributed by atoms with Gasteiger partial charge in [-0.3, -0.25) is 0 Å². The lowest BCUT2D eigenvalue weighted by atomic mass is 10.4. The van der Waals surface area contributed by atoms with E-state index in [1.807, 2.05) is 13.1 Å². The lowest BCUT2D eigenvalue weighted by molar-refractivity contribution is 0.467. The number of hydrogen-bond acceptors (Lipinski definition) is 3. The smallest absolute Gasteiger partial charge is 0.244 e. The van der Waals surface area contributed by atoms with Crippen LogP contribution in [0.3, 0.4) is 0 Å². The molecule has 0 bridgehead atoms. The number of nitrogens with zero attached hydrogens (tertiary/aromatic N) is 1. The first-order chi connectivity index (χ1) is 6.77. The SMILES string of the molecule is C[Si](C)(O)C=CO[Si](C)(C)CCCC#N. The van der Waals surface area contributed by atoms with Crippen molar-refractivity contribution in [2.75, 3.05) is 0 Å². The van der Waals surface area contributed by atoms with Gasteiger partial charge in [-0.05, 0) is 44.4 Å². The molecule has 0 aliphatic heterocycles. The number of rotatable bonds is 6. The molecule has 0 saturated carbocycles. The Kier molecular flexibility index (Phi) is 5.87. The van der Waals surface area contributed by atoms with Crippen molar-refractivity contribution in [1.82, 2.24) is 0 Å². The van der Waals surface area contributed by atoms with Gasteiger partial charge in [0.15, 0.2) is 0 Å². The van der Waals surface area contributed by atoms with Crippen molar-refractivity contribution in [3.8, 4) is 6.07 Å². The van der Waals surface area contributed by atoms with E-state index in [1.54, 1.807) is 12.0 Å². The minimum atomic E-state index is -2.13. The van der Waals surface area contributed by atoms with E-state index in [4.69, 9.17) is 9.69 Å². The third-order valence-electron chi connectivity index (χ3n) is 1.93. The fourth-order valence-corrected chi connectivity index (χ4v) is 3.16. The highest BCUT2D eigenvalue weighted by atomic mass is 28.4. The first kappa shape index (κ1) is 14.4. The first-order valence-electron chi connectivity index (χ1n) is 5.22. The fourth-order valence-electron chi connectivity index (χ4n) is 1.04. The Morgan fingerprint density at radius 3 is 2.40 bits per heavy atom. The molecule has 0 aliphatic carbocycles. The minimum absolute atomic E-state index is 0.601. The maximum Gasteiger partial charge on any atom is 0.244 e. The molecular formula is C10H21NO2Si2. The van der Waals surface area contributed by atoms with Gasteiger partial charge in [0.1, 0.15) is 0 Å².